The van der Waals surface area contributed by atoms with E-state index in [0.29, 0.717) is 43.8 Å². The Bertz CT molecular complexity index is 1130. The van der Waals surface area contributed by atoms with Gasteiger partial charge in [0.2, 0.25) is 0 Å². The summed E-state index contributed by atoms with van der Waals surface area (Å²) in [6, 6.07) is 22.4. The Morgan fingerprint density at radius 1 is 1.00 bits per heavy atom. The SMILES string of the molecule is COc1cc(CN(CCN)c2nc3ccccc3o2)ccc1OCc1ccccc1C.Cl. The highest BCUT2D eigenvalue weighted by Crippen LogP contribution is 2.30. The van der Waals surface area contributed by atoms with Crippen LogP contribution in [-0.4, -0.2) is 25.2 Å². The number of para-hydroxylation sites is 2. The minimum atomic E-state index is 0. The summed E-state index contributed by atoms with van der Waals surface area (Å²) >= 11 is 0. The van der Waals surface area contributed by atoms with Crippen LogP contribution in [0.1, 0.15) is 16.7 Å². The number of halogens is 1. The quantitative estimate of drug-likeness (QED) is 0.379. The second-order valence-corrected chi connectivity index (χ2v) is 7.37. The van der Waals surface area contributed by atoms with Crippen molar-refractivity contribution in [2.45, 2.75) is 20.1 Å². The lowest BCUT2D eigenvalue weighted by Crippen LogP contribution is -2.29. The molecule has 0 fully saturated rings. The Labute approximate surface area is 194 Å². The van der Waals surface area contributed by atoms with Crippen molar-refractivity contribution in [3.8, 4) is 11.5 Å². The van der Waals surface area contributed by atoms with Gasteiger partial charge in [-0.15, -0.1) is 12.4 Å². The third-order valence-corrected chi connectivity index (χ3v) is 5.20. The number of aryl methyl sites for hydroxylation is 1. The fourth-order valence-electron chi connectivity index (χ4n) is 3.47. The van der Waals surface area contributed by atoms with Crippen molar-refractivity contribution in [2.75, 3.05) is 25.1 Å². The Morgan fingerprint density at radius 2 is 1.78 bits per heavy atom. The average molecular weight is 454 g/mol. The molecule has 0 aliphatic heterocycles. The zero-order chi connectivity index (χ0) is 21.6. The molecule has 0 saturated heterocycles. The van der Waals surface area contributed by atoms with Gasteiger partial charge in [-0.05, 0) is 47.9 Å². The molecule has 0 saturated carbocycles. The van der Waals surface area contributed by atoms with Gasteiger partial charge in [0.1, 0.15) is 12.1 Å². The van der Waals surface area contributed by atoms with Crippen molar-refractivity contribution in [1.82, 2.24) is 4.98 Å². The third-order valence-electron chi connectivity index (χ3n) is 5.20. The first-order chi connectivity index (χ1) is 15.2. The lowest BCUT2D eigenvalue weighted by Gasteiger charge is -2.20. The number of methoxy groups -OCH3 is 1. The highest BCUT2D eigenvalue weighted by atomic mass is 35.5. The summed E-state index contributed by atoms with van der Waals surface area (Å²) in [4.78, 5) is 6.64. The third kappa shape index (κ3) is 5.33. The Hall–Kier alpha value is -3.22. The molecule has 0 bridgehead atoms. The van der Waals surface area contributed by atoms with Crippen molar-refractivity contribution in [2.24, 2.45) is 5.73 Å². The van der Waals surface area contributed by atoms with Crippen LogP contribution in [0.15, 0.2) is 71.1 Å². The van der Waals surface area contributed by atoms with Crippen LogP contribution in [0, 0.1) is 6.92 Å². The van der Waals surface area contributed by atoms with Gasteiger partial charge in [0, 0.05) is 19.6 Å². The van der Waals surface area contributed by atoms with E-state index in [2.05, 4.69) is 24.0 Å². The largest absolute Gasteiger partial charge is 0.493 e. The number of fused-ring (bicyclic) bond motifs is 1. The van der Waals surface area contributed by atoms with E-state index in [-0.39, 0.29) is 12.4 Å². The van der Waals surface area contributed by atoms with Crippen LogP contribution in [0.25, 0.3) is 11.1 Å². The minimum absolute atomic E-state index is 0. The molecular formula is C25H28ClN3O3. The number of benzene rings is 3. The summed E-state index contributed by atoms with van der Waals surface area (Å²) in [5.74, 6) is 1.40. The number of hydrogen-bond acceptors (Lipinski definition) is 6. The molecule has 3 aromatic carbocycles. The molecule has 1 aromatic heterocycles. The molecule has 0 aliphatic carbocycles. The van der Waals surface area contributed by atoms with Gasteiger partial charge in [0.15, 0.2) is 17.1 Å². The number of anilines is 1. The maximum atomic E-state index is 6.04. The molecule has 0 aliphatic rings. The van der Waals surface area contributed by atoms with Crippen LogP contribution in [0.2, 0.25) is 0 Å². The predicted octanol–water partition coefficient (Wildman–Crippen LogP) is 5.11. The lowest BCUT2D eigenvalue weighted by molar-refractivity contribution is 0.283. The number of aromatic nitrogens is 1. The molecule has 0 atom stereocenters. The van der Waals surface area contributed by atoms with E-state index in [9.17, 15) is 0 Å². The summed E-state index contributed by atoms with van der Waals surface area (Å²) in [6.45, 7) is 4.29. The van der Waals surface area contributed by atoms with Gasteiger partial charge in [-0.3, -0.25) is 0 Å². The number of hydrogen-bond donors (Lipinski definition) is 1. The van der Waals surface area contributed by atoms with Gasteiger partial charge in [0.25, 0.3) is 6.01 Å². The van der Waals surface area contributed by atoms with E-state index in [4.69, 9.17) is 19.6 Å². The predicted molar refractivity (Wildman–Crippen MR) is 130 cm³/mol. The van der Waals surface area contributed by atoms with E-state index in [1.54, 1.807) is 7.11 Å². The minimum Gasteiger partial charge on any atom is -0.493 e. The fraction of sp³-hybridized carbons (Fsp3) is 0.240. The van der Waals surface area contributed by atoms with Crippen molar-refractivity contribution < 1.29 is 13.9 Å². The van der Waals surface area contributed by atoms with Crippen LogP contribution in [-0.2, 0) is 13.2 Å². The van der Waals surface area contributed by atoms with Gasteiger partial charge < -0.3 is 24.5 Å². The smallest absolute Gasteiger partial charge is 0.298 e. The molecule has 32 heavy (non-hydrogen) atoms. The van der Waals surface area contributed by atoms with Crippen molar-refractivity contribution in [1.29, 1.82) is 0 Å². The van der Waals surface area contributed by atoms with Gasteiger partial charge >= 0.3 is 0 Å². The Kier molecular flexibility index (Phi) is 7.98. The molecule has 4 rings (SSSR count). The molecular weight excluding hydrogens is 426 g/mol. The summed E-state index contributed by atoms with van der Waals surface area (Å²) in [7, 11) is 1.65. The normalized spacial score (nSPS) is 10.6. The maximum absolute atomic E-state index is 6.04. The van der Waals surface area contributed by atoms with Gasteiger partial charge in [-0.25, -0.2) is 0 Å². The molecule has 0 unspecified atom stereocenters. The molecule has 1 heterocycles. The van der Waals surface area contributed by atoms with E-state index < -0.39 is 0 Å². The topological polar surface area (TPSA) is 73.8 Å². The van der Waals surface area contributed by atoms with Crippen LogP contribution in [0.3, 0.4) is 0 Å². The summed E-state index contributed by atoms with van der Waals surface area (Å²) in [5, 5.41) is 0. The summed E-state index contributed by atoms with van der Waals surface area (Å²) in [6.07, 6.45) is 0. The molecule has 0 spiro atoms. The second kappa shape index (κ2) is 10.9. The number of ether oxygens (including phenoxy) is 2. The van der Waals surface area contributed by atoms with Crippen molar-refractivity contribution in [3.05, 3.63) is 83.4 Å². The first kappa shape index (κ1) is 23.4. The first-order valence-corrected chi connectivity index (χ1v) is 10.3. The lowest BCUT2D eigenvalue weighted by atomic mass is 10.1. The van der Waals surface area contributed by atoms with E-state index in [1.807, 2.05) is 59.5 Å². The number of rotatable bonds is 9. The molecule has 0 amide bonds. The zero-order valence-electron chi connectivity index (χ0n) is 18.3. The average Bonchev–Trinajstić information content (AvgIpc) is 3.23. The van der Waals surface area contributed by atoms with Crippen LogP contribution in [0.4, 0.5) is 6.01 Å². The zero-order valence-corrected chi connectivity index (χ0v) is 19.1. The highest BCUT2D eigenvalue weighted by Gasteiger charge is 2.15. The van der Waals surface area contributed by atoms with Crippen LogP contribution in [0.5, 0.6) is 11.5 Å². The van der Waals surface area contributed by atoms with Crippen LogP contribution >= 0.6 is 12.4 Å². The maximum Gasteiger partial charge on any atom is 0.298 e. The number of nitrogens with two attached hydrogens (primary N) is 1. The fourth-order valence-corrected chi connectivity index (χ4v) is 3.47. The van der Waals surface area contributed by atoms with E-state index >= 15 is 0 Å². The molecule has 4 aromatic rings. The summed E-state index contributed by atoms with van der Waals surface area (Å²) in [5.41, 5.74) is 10.8. The molecule has 0 radical (unpaired) electrons. The molecule has 6 nitrogen and oxygen atoms in total. The van der Waals surface area contributed by atoms with Gasteiger partial charge in [0.05, 0.1) is 7.11 Å². The van der Waals surface area contributed by atoms with Gasteiger partial charge in [-0.1, -0.05) is 42.5 Å². The number of oxazole rings is 1. The standard InChI is InChI=1S/C25H27N3O3.ClH/c1-18-7-3-4-8-20(18)17-30-23-12-11-19(15-24(23)29-2)16-28(14-13-26)25-27-21-9-5-6-10-22(21)31-25;/h3-12,15H,13-14,16-17,26H2,1-2H3;1H. The van der Waals surface area contributed by atoms with Crippen molar-refractivity contribution >= 4 is 29.5 Å². The highest BCUT2D eigenvalue weighted by molar-refractivity contribution is 5.85. The monoisotopic (exact) mass is 453 g/mol. The first-order valence-electron chi connectivity index (χ1n) is 10.3. The summed E-state index contributed by atoms with van der Waals surface area (Å²) < 4.78 is 17.6. The van der Waals surface area contributed by atoms with Crippen LogP contribution < -0.4 is 20.1 Å². The van der Waals surface area contributed by atoms with Gasteiger partial charge in [-0.2, -0.15) is 4.98 Å². The van der Waals surface area contributed by atoms with E-state index in [0.717, 1.165) is 22.2 Å². The molecule has 2 N–H and O–H groups in total. The van der Waals surface area contributed by atoms with Crippen molar-refractivity contribution in [3.63, 3.8) is 0 Å². The Morgan fingerprint density at radius 3 is 2.53 bits per heavy atom. The molecule has 7 heteroatoms. The number of nitrogens with zero attached hydrogens (tertiary/aromatic N) is 2. The van der Waals surface area contributed by atoms with E-state index in [1.165, 1.54) is 5.56 Å². The second-order valence-electron chi connectivity index (χ2n) is 7.37. The molecule has 168 valence electrons. The Balaban J connectivity index is 0.00000289.